The molecule has 0 radical (unpaired) electrons. The topological polar surface area (TPSA) is 64.6 Å². The number of ether oxygens (including phenoxy) is 2. The van der Waals surface area contributed by atoms with E-state index in [1.165, 1.54) is 0 Å². The first-order chi connectivity index (χ1) is 9.11. The van der Waals surface area contributed by atoms with E-state index in [1.54, 1.807) is 13.8 Å². The third-order valence-electron chi connectivity index (χ3n) is 3.46. The third-order valence-corrected chi connectivity index (χ3v) is 3.46. The van der Waals surface area contributed by atoms with E-state index in [9.17, 15) is 9.59 Å². The third kappa shape index (κ3) is 7.15. The minimum absolute atomic E-state index is 0.0338. The summed E-state index contributed by atoms with van der Waals surface area (Å²) in [5, 5.41) is 2.83. The van der Waals surface area contributed by atoms with Gasteiger partial charge in [0.25, 0.3) is 0 Å². The van der Waals surface area contributed by atoms with Crippen molar-refractivity contribution >= 4 is 11.9 Å². The molecular formula is C14H25NO4. The van der Waals surface area contributed by atoms with Crippen LogP contribution in [-0.4, -0.2) is 37.7 Å². The molecule has 0 atom stereocenters. The van der Waals surface area contributed by atoms with Gasteiger partial charge in [-0.2, -0.15) is 0 Å². The summed E-state index contributed by atoms with van der Waals surface area (Å²) in [7, 11) is 0. The van der Waals surface area contributed by atoms with Crippen molar-refractivity contribution in [1.82, 2.24) is 5.32 Å². The number of rotatable bonds is 7. The predicted octanol–water partition coefficient (Wildman–Crippen LogP) is 1.65. The lowest BCUT2D eigenvalue weighted by Gasteiger charge is -2.28. The maximum atomic E-state index is 11.2. The second-order valence-corrected chi connectivity index (χ2v) is 5.03. The van der Waals surface area contributed by atoms with Gasteiger partial charge in [0.15, 0.2) is 0 Å². The molecule has 0 saturated heterocycles. The maximum absolute atomic E-state index is 11.2. The number of carbonyl (C=O) groups excluding carboxylic acids is 2. The van der Waals surface area contributed by atoms with Gasteiger partial charge in [0.1, 0.15) is 6.61 Å². The fourth-order valence-corrected chi connectivity index (χ4v) is 2.43. The first kappa shape index (κ1) is 16.0. The highest BCUT2D eigenvalue weighted by molar-refractivity contribution is 5.72. The molecule has 0 unspecified atom stereocenters. The second kappa shape index (κ2) is 8.91. The molecule has 0 aliphatic heterocycles. The number of nitrogens with one attached hydrogen (secondary N) is 1. The molecule has 0 aromatic rings. The molecule has 0 aromatic carbocycles. The predicted molar refractivity (Wildman–Crippen MR) is 71.6 cm³/mol. The number of amides is 1. The van der Waals surface area contributed by atoms with E-state index in [2.05, 4.69) is 5.32 Å². The highest BCUT2D eigenvalue weighted by Gasteiger charge is 2.22. The zero-order chi connectivity index (χ0) is 14.1. The quantitative estimate of drug-likeness (QED) is 0.715. The summed E-state index contributed by atoms with van der Waals surface area (Å²) >= 11 is 0. The van der Waals surface area contributed by atoms with Crippen LogP contribution in [0.15, 0.2) is 0 Å². The second-order valence-electron chi connectivity index (χ2n) is 5.03. The van der Waals surface area contributed by atoms with E-state index in [-0.39, 0.29) is 24.6 Å². The summed E-state index contributed by atoms with van der Waals surface area (Å²) in [5.74, 6) is 0.413. The molecule has 0 spiro atoms. The molecule has 1 N–H and O–H groups in total. The molecule has 1 aliphatic carbocycles. The van der Waals surface area contributed by atoms with Crippen molar-refractivity contribution in [3.63, 3.8) is 0 Å². The van der Waals surface area contributed by atoms with E-state index in [0.29, 0.717) is 12.5 Å². The van der Waals surface area contributed by atoms with Crippen molar-refractivity contribution in [2.45, 2.75) is 52.1 Å². The lowest BCUT2D eigenvalue weighted by molar-refractivity contribution is -0.151. The van der Waals surface area contributed by atoms with Gasteiger partial charge >= 0.3 is 5.97 Å². The molecule has 0 aromatic heterocycles. The molecule has 19 heavy (non-hydrogen) atoms. The van der Waals surface area contributed by atoms with E-state index in [1.807, 2.05) is 0 Å². The molecule has 1 fully saturated rings. The van der Waals surface area contributed by atoms with Gasteiger partial charge in [-0.25, -0.2) is 4.79 Å². The average Bonchev–Trinajstić information content (AvgIpc) is 2.38. The minimum atomic E-state index is -0.282. The van der Waals surface area contributed by atoms with Crippen molar-refractivity contribution in [1.29, 1.82) is 0 Å². The fraction of sp³-hybridized carbons (Fsp3) is 0.857. The van der Waals surface area contributed by atoms with E-state index >= 15 is 0 Å². The average molecular weight is 271 g/mol. The Kier molecular flexibility index (Phi) is 7.48. The maximum Gasteiger partial charge on any atom is 0.332 e. The molecule has 0 heterocycles. The van der Waals surface area contributed by atoms with Gasteiger partial charge in [-0.05, 0) is 44.9 Å². The summed E-state index contributed by atoms with van der Waals surface area (Å²) < 4.78 is 10.4. The Morgan fingerprint density at radius 3 is 2.47 bits per heavy atom. The normalized spacial score (nSPS) is 22.8. The Bertz CT molecular complexity index is 285. The van der Waals surface area contributed by atoms with Crippen molar-refractivity contribution in [3.05, 3.63) is 0 Å². The molecule has 110 valence electrons. The van der Waals surface area contributed by atoms with Crippen molar-refractivity contribution in [3.8, 4) is 0 Å². The van der Waals surface area contributed by atoms with Crippen LogP contribution in [0.3, 0.4) is 0 Å². The number of hydrogen-bond donors (Lipinski definition) is 1. The molecular weight excluding hydrogens is 246 g/mol. The SMILES string of the molecule is CCOC(=O)COC1CCC(CCNC(C)=O)CC1. The Labute approximate surface area is 115 Å². The number of carbonyl (C=O) groups is 2. The van der Waals surface area contributed by atoms with Crippen LogP contribution < -0.4 is 5.32 Å². The van der Waals surface area contributed by atoms with Crippen LogP contribution >= 0.6 is 0 Å². The lowest BCUT2D eigenvalue weighted by Crippen LogP contribution is -2.28. The Morgan fingerprint density at radius 1 is 1.21 bits per heavy atom. The zero-order valence-corrected chi connectivity index (χ0v) is 11.9. The van der Waals surface area contributed by atoms with Gasteiger partial charge in [-0.3, -0.25) is 4.79 Å². The van der Waals surface area contributed by atoms with Crippen LogP contribution in [0.25, 0.3) is 0 Å². The van der Waals surface area contributed by atoms with Crippen LogP contribution in [0.2, 0.25) is 0 Å². The molecule has 0 bridgehead atoms. The van der Waals surface area contributed by atoms with Crippen molar-refractivity contribution in [2.24, 2.45) is 5.92 Å². The first-order valence-corrected chi connectivity index (χ1v) is 7.13. The highest BCUT2D eigenvalue weighted by Crippen LogP contribution is 2.28. The van der Waals surface area contributed by atoms with Gasteiger partial charge in [0, 0.05) is 13.5 Å². The minimum Gasteiger partial charge on any atom is -0.464 e. The lowest BCUT2D eigenvalue weighted by atomic mass is 9.85. The summed E-state index contributed by atoms with van der Waals surface area (Å²) in [6, 6.07) is 0. The zero-order valence-electron chi connectivity index (χ0n) is 11.9. The molecule has 5 heteroatoms. The van der Waals surface area contributed by atoms with E-state index in [0.717, 1.165) is 38.6 Å². The Morgan fingerprint density at radius 2 is 1.89 bits per heavy atom. The monoisotopic (exact) mass is 271 g/mol. The van der Waals surface area contributed by atoms with Gasteiger partial charge < -0.3 is 14.8 Å². The van der Waals surface area contributed by atoms with Gasteiger partial charge in [0.2, 0.25) is 5.91 Å². The largest absolute Gasteiger partial charge is 0.464 e. The van der Waals surface area contributed by atoms with Crippen molar-refractivity contribution < 1.29 is 19.1 Å². The Balaban J connectivity index is 2.08. The van der Waals surface area contributed by atoms with Crippen LogP contribution in [0, 0.1) is 5.92 Å². The molecule has 1 rings (SSSR count). The molecule has 1 amide bonds. The summed E-state index contributed by atoms with van der Waals surface area (Å²) in [6.45, 7) is 4.56. The highest BCUT2D eigenvalue weighted by atomic mass is 16.6. The molecule has 1 aliphatic rings. The fourth-order valence-electron chi connectivity index (χ4n) is 2.43. The Hall–Kier alpha value is -1.10. The molecule has 1 saturated carbocycles. The summed E-state index contributed by atoms with van der Waals surface area (Å²) in [6.07, 6.45) is 5.40. The summed E-state index contributed by atoms with van der Waals surface area (Å²) in [4.78, 5) is 21.9. The standard InChI is InChI=1S/C14H25NO4/c1-3-18-14(17)10-19-13-6-4-12(5-7-13)8-9-15-11(2)16/h12-13H,3-10H2,1-2H3,(H,15,16). The van der Waals surface area contributed by atoms with Crippen molar-refractivity contribution in [2.75, 3.05) is 19.8 Å². The number of hydrogen-bond acceptors (Lipinski definition) is 4. The van der Waals surface area contributed by atoms with Crippen LogP contribution in [0.1, 0.15) is 46.0 Å². The van der Waals surface area contributed by atoms with Crippen LogP contribution in [0.5, 0.6) is 0 Å². The number of esters is 1. The smallest absolute Gasteiger partial charge is 0.332 e. The van der Waals surface area contributed by atoms with Crippen LogP contribution in [0.4, 0.5) is 0 Å². The van der Waals surface area contributed by atoms with Gasteiger partial charge in [-0.1, -0.05) is 0 Å². The van der Waals surface area contributed by atoms with Crippen LogP contribution in [-0.2, 0) is 19.1 Å². The van der Waals surface area contributed by atoms with E-state index < -0.39 is 0 Å². The van der Waals surface area contributed by atoms with Gasteiger partial charge in [-0.15, -0.1) is 0 Å². The van der Waals surface area contributed by atoms with E-state index in [4.69, 9.17) is 9.47 Å². The summed E-state index contributed by atoms with van der Waals surface area (Å²) in [5.41, 5.74) is 0. The van der Waals surface area contributed by atoms with Gasteiger partial charge in [0.05, 0.1) is 12.7 Å². The molecule has 5 nitrogen and oxygen atoms in total. The first-order valence-electron chi connectivity index (χ1n) is 7.13.